The molecule has 0 atom stereocenters. The van der Waals surface area contributed by atoms with E-state index in [2.05, 4.69) is 12.6 Å². The van der Waals surface area contributed by atoms with E-state index in [1.54, 1.807) is 6.07 Å². The van der Waals surface area contributed by atoms with Crippen molar-refractivity contribution in [3.05, 3.63) is 23.3 Å². The predicted octanol–water partition coefficient (Wildman–Crippen LogP) is 1.82. The van der Waals surface area contributed by atoms with Crippen molar-refractivity contribution >= 4 is 24.3 Å². The van der Waals surface area contributed by atoms with E-state index in [1.165, 1.54) is 6.07 Å². The Morgan fingerprint density at radius 3 is 2.69 bits per heavy atom. The van der Waals surface area contributed by atoms with Crippen LogP contribution in [0.5, 0.6) is 0 Å². The van der Waals surface area contributed by atoms with Gasteiger partial charge in [0.15, 0.2) is 0 Å². The van der Waals surface area contributed by atoms with Crippen LogP contribution in [0.4, 0.5) is 5.69 Å². The summed E-state index contributed by atoms with van der Waals surface area (Å²) in [6.07, 6.45) is 0.617. The van der Waals surface area contributed by atoms with E-state index >= 15 is 0 Å². The SMILES string of the molecule is CCc1c(C(=O)O)ccc(N)c1S. The first-order chi connectivity index (χ1) is 6.07. The minimum Gasteiger partial charge on any atom is -0.478 e. The van der Waals surface area contributed by atoms with Gasteiger partial charge in [0.2, 0.25) is 0 Å². The van der Waals surface area contributed by atoms with Gasteiger partial charge >= 0.3 is 5.97 Å². The second-order valence-corrected chi connectivity index (χ2v) is 3.14. The molecule has 1 rings (SSSR count). The van der Waals surface area contributed by atoms with Crippen molar-refractivity contribution in [2.24, 2.45) is 0 Å². The van der Waals surface area contributed by atoms with Crippen LogP contribution in [0.1, 0.15) is 22.8 Å². The Balaban J connectivity index is 3.38. The molecular weight excluding hydrogens is 186 g/mol. The van der Waals surface area contributed by atoms with Crippen LogP contribution in [-0.4, -0.2) is 11.1 Å². The normalized spacial score (nSPS) is 10.0. The zero-order chi connectivity index (χ0) is 10.0. The molecule has 0 fully saturated rings. The van der Waals surface area contributed by atoms with Gasteiger partial charge in [0.05, 0.1) is 5.56 Å². The quantitative estimate of drug-likeness (QED) is 0.500. The third-order valence-electron chi connectivity index (χ3n) is 1.90. The average Bonchev–Trinajstić information content (AvgIpc) is 2.09. The van der Waals surface area contributed by atoms with Crippen molar-refractivity contribution in [3.63, 3.8) is 0 Å². The summed E-state index contributed by atoms with van der Waals surface area (Å²) in [5.41, 5.74) is 7.08. The van der Waals surface area contributed by atoms with Gasteiger partial charge in [0.25, 0.3) is 0 Å². The third kappa shape index (κ3) is 1.78. The first-order valence-electron chi connectivity index (χ1n) is 3.91. The second-order valence-electron chi connectivity index (χ2n) is 2.69. The number of carbonyl (C=O) groups is 1. The van der Waals surface area contributed by atoms with Gasteiger partial charge in [-0.3, -0.25) is 0 Å². The highest BCUT2D eigenvalue weighted by molar-refractivity contribution is 7.80. The Morgan fingerprint density at radius 2 is 2.23 bits per heavy atom. The smallest absolute Gasteiger partial charge is 0.336 e. The fourth-order valence-electron chi connectivity index (χ4n) is 1.21. The average molecular weight is 197 g/mol. The number of carboxylic acid groups (broad SMARTS) is 1. The van der Waals surface area contributed by atoms with Crippen molar-refractivity contribution in [1.29, 1.82) is 0 Å². The minimum absolute atomic E-state index is 0.279. The summed E-state index contributed by atoms with van der Waals surface area (Å²) in [6, 6.07) is 3.07. The highest BCUT2D eigenvalue weighted by Gasteiger charge is 2.12. The van der Waals surface area contributed by atoms with E-state index in [4.69, 9.17) is 10.8 Å². The number of aromatic carboxylic acids is 1. The minimum atomic E-state index is -0.938. The van der Waals surface area contributed by atoms with Crippen molar-refractivity contribution in [2.45, 2.75) is 18.2 Å². The second kappa shape index (κ2) is 3.70. The lowest BCUT2D eigenvalue weighted by atomic mass is 10.0. The van der Waals surface area contributed by atoms with Crippen molar-refractivity contribution in [1.82, 2.24) is 0 Å². The summed E-state index contributed by atoms with van der Waals surface area (Å²) in [4.78, 5) is 11.3. The molecular formula is C9H11NO2S. The van der Waals surface area contributed by atoms with Gasteiger partial charge in [-0.25, -0.2) is 4.79 Å². The molecule has 0 unspecified atom stereocenters. The van der Waals surface area contributed by atoms with Crippen LogP contribution in [0.2, 0.25) is 0 Å². The van der Waals surface area contributed by atoms with Crippen LogP contribution in [0.25, 0.3) is 0 Å². The molecule has 0 bridgehead atoms. The van der Waals surface area contributed by atoms with Crippen LogP contribution in [0, 0.1) is 0 Å². The van der Waals surface area contributed by atoms with Crippen molar-refractivity contribution in [2.75, 3.05) is 5.73 Å². The van der Waals surface area contributed by atoms with Crippen LogP contribution >= 0.6 is 12.6 Å². The van der Waals surface area contributed by atoms with Crippen LogP contribution < -0.4 is 5.73 Å². The van der Waals surface area contributed by atoms with Crippen LogP contribution in [0.15, 0.2) is 17.0 Å². The fourth-order valence-corrected chi connectivity index (χ4v) is 1.57. The molecule has 0 saturated heterocycles. The number of benzene rings is 1. The Labute approximate surface area is 82.0 Å². The highest BCUT2D eigenvalue weighted by atomic mass is 32.1. The number of rotatable bonds is 2. The summed E-state index contributed by atoms with van der Waals surface area (Å²) in [5, 5.41) is 8.84. The van der Waals surface area contributed by atoms with Gasteiger partial charge < -0.3 is 10.8 Å². The monoisotopic (exact) mass is 197 g/mol. The molecule has 1 aromatic carbocycles. The molecule has 13 heavy (non-hydrogen) atoms. The summed E-state index contributed by atoms with van der Waals surface area (Å²) in [6.45, 7) is 1.88. The summed E-state index contributed by atoms with van der Waals surface area (Å²) in [5.74, 6) is -0.938. The zero-order valence-electron chi connectivity index (χ0n) is 7.24. The van der Waals surface area contributed by atoms with E-state index in [1.807, 2.05) is 6.92 Å². The summed E-state index contributed by atoms with van der Waals surface area (Å²) in [7, 11) is 0. The van der Waals surface area contributed by atoms with Gasteiger partial charge in [-0.1, -0.05) is 6.92 Å². The van der Waals surface area contributed by atoms with E-state index in [0.29, 0.717) is 22.6 Å². The largest absolute Gasteiger partial charge is 0.478 e. The molecule has 1 aromatic rings. The topological polar surface area (TPSA) is 63.3 Å². The first-order valence-corrected chi connectivity index (χ1v) is 4.36. The van der Waals surface area contributed by atoms with Gasteiger partial charge in [0.1, 0.15) is 0 Å². The Hall–Kier alpha value is -1.16. The Kier molecular flexibility index (Phi) is 2.83. The molecule has 0 spiro atoms. The maximum Gasteiger partial charge on any atom is 0.336 e. The molecule has 3 nitrogen and oxygen atoms in total. The lowest BCUT2D eigenvalue weighted by molar-refractivity contribution is 0.0695. The molecule has 0 amide bonds. The zero-order valence-corrected chi connectivity index (χ0v) is 8.14. The Morgan fingerprint density at radius 1 is 1.62 bits per heavy atom. The molecule has 0 heterocycles. The molecule has 0 aliphatic carbocycles. The molecule has 3 N–H and O–H groups in total. The van der Waals surface area contributed by atoms with Gasteiger partial charge in [0, 0.05) is 10.6 Å². The number of carboxylic acids is 1. The molecule has 0 aliphatic heterocycles. The van der Waals surface area contributed by atoms with E-state index < -0.39 is 5.97 Å². The molecule has 4 heteroatoms. The first kappa shape index (κ1) is 9.92. The molecule has 0 aliphatic rings. The highest BCUT2D eigenvalue weighted by Crippen LogP contribution is 2.25. The molecule has 70 valence electrons. The van der Waals surface area contributed by atoms with Gasteiger partial charge in [-0.15, -0.1) is 12.6 Å². The van der Waals surface area contributed by atoms with Gasteiger partial charge in [-0.05, 0) is 24.1 Å². The maximum atomic E-state index is 10.8. The van der Waals surface area contributed by atoms with Crippen molar-refractivity contribution < 1.29 is 9.90 Å². The lowest BCUT2D eigenvalue weighted by Crippen LogP contribution is -2.04. The summed E-state index contributed by atoms with van der Waals surface area (Å²) < 4.78 is 0. The van der Waals surface area contributed by atoms with Crippen molar-refractivity contribution in [3.8, 4) is 0 Å². The van der Waals surface area contributed by atoms with Crippen LogP contribution in [0.3, 0.4) is 0 Å². The number of thiol groups is 1. The maximum absolute atomic E-state index is 10.8. The number of anilines is 1. The number of hydrogen-bond acceptors (Lipinski definition) is 3. The third-order valence-corrected chi connectivity index (χ3v) is 2.43. The Bertz CT molecular complexity index is 350. The van der Waals surface area contributed by atoms with Crippen LogP contribution in [-0.2, 0) is 6.42 Å². The molecule has 0 aromatic heterocycles. The lowest BCUT2D eigenvalue weighted by Gasteiger charge is -2.08. The number of hydrogen-bond donors (Lipinski definition) is 3. The van der Waals surface area contributed by atoms with E-state index in [-0.39, 0.29) is 5.56 Å². The van der Waals surface area contributed by atoms with E-state index in [9.17, 15) is 4.79 Å². The fraction of sp³-hybridized carbons (Fsp3) is 0.222. The van der Waals surface area contributed by atoms with Gasteiger partial charge in [-0.2, -0.15) is 0 Å². The number of nitrogens with two attached hydrogens (primary N) is 1. The summed E-state index contributed by atoms with van der Waals surface area (Å²) >= 11 is 4.17. The van der Waals surface area contributed by atoms with E-state index in [0.717, 1.165) is 0 Å². The standard InChI is InChI=1S/C9H11NO2S/c1-2-5-6(9(11)12)3-4-7(10)8(5)13/h3-4,13H,2,10H2,1H3,(H,11,12). The predicted molar refractivity (Wildman–Crippen MR) is 54.4 cm³/mol. The molecule has 0 radical (unpaired) electrons. The molecule has 0 saturated carbocycles. The number of nitrogen functional groups attached to an aromatic ring is 1.